The molecule has 1 aliphatic heterocycles. The highest BCUT2D eigenvalue weighted by molar-refractivity contribution is 7.71. The fraction of sp³-hybridized carbons (Fsp3) is 0.200. The van der Waals surface area contributed by atoms with Crippen molar-refractivity contribution in [3.05, 3.63) is 26.8 Å². The van der Waals surface area contributed by atoms with Crippen molar-refractivity contribution >= 4 is 41.0 Å². The number of nitrogens with one attached hydrogen (secondary N) is 2. The second kappa shape index (κ2) is 3.84. The normalized spacial score (nSPS) is 13.6. The van der Waals surface area contributed by atoms with Crippen LogP contribution in [0.25, 0.3) is 10.6 Å². The van der Waals surface area contributed by atoms with Crippen molar-refractivity contribution in [1.82, 2.24) is 9.97 Å². The van der Waals surface area contributed by atoms with Crippen molar-refractivity contribution in [1.29, 1.82) is 0 Å². The molecule has 0 saturated carbocycles. The molecule has 6 heteroatoms. The summed E-state index contributed by atoms with van der Waals surface area (Å²) in [6, 6.07) is 3.90. The van der Waals surface area contributed by atoms with Gasteiger partial charge in [0.25, 0.3) is 0 Å². The third-order valence-electron chi connectivity index (χ3n) is 2.52. The molecule has 3 heterocycles. The average Bonchev–Trinajstić information content (AvgIpc) is 2.84. The summed E-state index contributed by atoms with van der Waals surface area (Å²) >= 11 is 12.6. The zero-order valence-electron chi connectivity index (χ0n) is 8.21. The number of aromatic amines is 1. The first kappa shape index (κ1) is 10.3. The Morgan fingerprint density at radius 1 is 1.44 bits per heavy atom. The number of aromatic nitrogens is 2. The van der Waals surface area contributed by atoms with Gasteiger partial charge >= 0.3 is 0 Å². The molecule has 0 aliphatic carbocycles. The van der Waals surface area contributed by atoms with Gasteiger partial charge in [-0.15, -0.1) is 11.3 Å². The second-order valence-corrected chi connectivity index (χ2v) is 5.63. The molecule has 2 aromatic heterocycles. The fourth-order valence-corrected chi connectivity index (χ4v) is 3.12. The highest BCUT2D eigenvalue weighted by Crippen LogP contribution is 2.35. The number of hydrogen-bond acceptors (Lipinski definition) is 4. The van der Waals surface area contributed by atoms with E-state index >= 15 is 0 Å². The van der Waals surface area contributed by atoms with Crippen molar-refractivity contribution in [2.75, 3.05) is 11.9 Å². The Balaban J connectivity index is 2.24. The van der Waals surface area contributed by atoms with Crippen LogP contribution in [0.2, 0.25) is 4.34 Å². The summed E-state index contributed by atoms with van der Waals surface area (Å²) < 4.78 is 1.29. The van der Waals surface area contributed by atoms with Gasteiger partial charge in [-0.25, -0.2) is 4.98 Å². The number of rotatable bonds is 1. The molecule has 0 spiro atoms. The Kier molecular flexibility index (Phi) is 2.46. The average molecular weight is 270 g/mol. The Morgan fingerprint density at radius 3 is 3.06 bits per heavy atom. The van der Waals surface area contributed by atoms with Crippen LogP contribution in [0.1, 0.15) is 5.56 Å². The molecule has 3 rings (SSSR count). The monoisotopic (exact) mass is 269 g/mol. The molecule has 0 atom stereocenters. The number of halogens is 1. The molecule has 0 amide bonds. The van der Waals surface area contributed by atoms with Gasteiger partial charge in [0.05, 0.1) is 14.9 Å². The molecule has 0 aromatic carbocycles. The van der Waals surface area contributed by atoms with Crippen molar-refractivity contribution < 1.29 is 0 Å². The maximum Gasteiger partial charge on any atom is 0.199 e. The minimum atomic E-state index is 0.507. The zero-order chi connectivity index (χ0) is 11.1. The van der Waals surface area contributed by atoms with Crippen LogP contribution in [-0.4, -0.2) is 16.5 Å². The second-order valence-electron chi connectivity index (χ2n) is 3.52. The molecule has 0 fully saturated rings. The van der Waals surface area contributed by atoms with Crippen molar-refractivity contribution in [3.8, 4) is 10.6 Å². The maximum atomic E-state index is 5.95. The third-order valence-corrected chi connectivity index (χ3v) is 3.96. The molecule has 0 bridgehead atoms. The molecule has 2 N–H and O–H groups in total. The fourth-order valence-electron chi connectivity index (χ4n) is 1.85. The van der Waals surface area contributed by atoms with Gasteiger partial charge < -0.3 is 10.3 Å². The first-order valence-corrected chi connectivity index (χ1v) is 6.47. The van der Waals surface area contributed by atoms with Crippen molar-refractivity contribution in [2.45, 2.75) is 6.42 Å². The van der Waals surface area contributed by atoms with E-state index in [9.17, 15) is 0 Å². The van der Waals surface area contributed by atoms with E-state index in [0.717, 1.165) is 33.7 Å². The molecule has 82 valence electrons. The van der Waals surface area contributed by atoms with E-state index in [1.807, 2.05) is 12.1 Å². The largest absolute Gasteiger partial charge is 0.369 e. The molecule has 0 unspecified atom stereocenters. The van der Waals surface area contributed by atoms with Crippen LogP contribution in [-0.2, 0) is 6.42 Å². The van der Waals surface area contributed by atoms with Gasteiger partial charge in [0.2, 0.25) is 0 Å². The predicted molar refractivity (Wildman–Crippen MR) is 69.9 cm³/mol. The summed E-state index contributed by atoms with van der Waals surface area (Å²) in [5.41, 5.74) is 2.25. The number of nitrogens with zero attached hydrogens (tertiary/aromatic N) is 1. The molecule has 2 aromatic rings. The lowest BCUT2D eigenvalue weighted by Gasteiger charge is -2.04. The summed E-state index contributed by atoms with van der Waals surface area (Å²) in [6.07, 6.45) is 0.972. The molecule has 0 radical (unpaired) electrons. The van der Waals surface area contributed by atoms with E-state index in [-0.39, 0.29) is 0 Å². The molecule has 3 nitrogen and oxygen atoms in total. The number of thiophene rings is 1. The standard InChI is InChI=1S/C10H8ClN3S2/c11-7-2-1-6(16-7)8-5-3-4-12-9(5)14-10(15)13-8/h1-2H,3-4H2,(H2,12,13,14,15). The van der Waals surface area contributed by atoms with Gasteiger partial charge in [-0.1, -0.05) is 11.6 Å². The predicted octanol–water partition coefficient (Wildman–Crippen LogP) is 3.49. The third kappa shape index (κ3) is 1.65. The highest BCUT2D eigenvalue weighted by atomic mass is 35.5. The first-order valence-electron chi connectivity index (χ1n) is 4.87. The topological polar surface area (TPSA) is 40.7 Å². The van der Waals surface area contributed by atoms with Gasteiger partial charge in [-0.05, 0) is 30.8 Å². The van der Waals surface area contributed by atoms with Gasteiger partial charge in [0.15, 0.2) is 4.77 Å². The minimum Gasteiger partial charge on any atom is -0.369 e. The van der Waals surface area contributed by atoms with Gasteiger partial charge in [0, 0.05) is 12.1 Å². The van der Waals surface area contributed by atoms with E-state index < -0.39 is 0 Å². The SMILES string of the molecule is S=c1nc2c(c(-c3ccc(Cl)s3)[nH]1)CCN2. The Hall–Kier alpha value is -0.910. The quantitative estimate of drug-likeness (QED) is 0.779. The van der Waals surface area contributed by atoms with Crippen LogP contribution in [0.5, 0.6) is 0 Å². The lowest BCUT2D eigenvalue weighted by molar-refractivity contribution is 1.09. The van der Waals surface area contributed by atoms with E-state index in [1.165, 1.54) is 5.56 Å². The van der Waals surface area contributed by atoms with Crippen LogP contribution >= 0.6 is 35.2 Å². The van der Waals surface area contributed by atoms with Gasteiger partial charge in [-0.3, -0.25) is 0 Å². The number of hydrogen-bond donors (Lipinski definition) is 2. The van der Waals surface area contributed by atoms with Crippen LogP contribution in [0, 0.1) is 4.77 Å². The minimum absolute atomic E-state index is 0.507. The number of anilines is 1. The van der Waals surface area contributed by atoms with E-state index in [0.29, 0.717) is 4.77 Å². The van der Waals surface area contributed by atoms with Crippen LogP contribution in [0.3, 0.4) is 0 Å². The molecule has 0 saturated heterocycles. The lowest BCUT2D eigenvalue weighted by atomic mass is 10.1. The van der Waals surface area contributed by atoms with Gasteiger partial charge in [-0.2, -0.15) is 0 Å². The van der Waals surface area contributed by atoms with Crippen molar-refractivity contribution in [2.24, 2.45) is 0 Å². The van der Waals surface area contributed by atoms with Crippen LogP contribution in [0.4, 0.5) is 5.82 Å². The zero-order valence-corrected chi connectivity index (χ0v) is 10.6. The Morgan fingerprint density at radius 2 is 2.31 bits per heavy atom. The smallest absolute Gasteiger partial charge is 0.199 e. The summed E-state index contributed by atoms with van der Waals surface area (Å²) in [7, 11) is 0. The van der Waals surface area contributed by atoms with Crippen molar-refractivity contribution in [3.63, 3.8) is 0 Å². The maximum absolute atomic E-state index is 5.95. The summed E-state index contributed by atoms with van der Waals surface area (Å²) in [5, 5.41) is 3.23. The first-order chi connectivity index (χ1) is 7.74. The number of fused-ring (bicyclic) bond motifs is 1. The molecule has 16 heavy (non-hydrogen) atoms. The Bertz CT molecular complexity index is 602. The molecule has 1 aliphatic rings. The highest BCUT2D eigenvalue weighted by Gasteiger charge is 2.18. The molecular weight excluding hydrogens is 262 g/mol. The summed E-state index contributed by atoms with van der Waals surface area (Å²) in [6.45, 7) is 0.918. The van der Waals surface area contributed by atoms with E-state index in [4.69, 9.17) is 23.8 Å². The molecular formula is C10H8ClN3S2. The summed E-state index contributed by atoms with van der Waals surface area (Å²) in [4.78, 5) is 8.53. The van der Waals surface area contributed by atoms with Crippen LogP contribution < -0.4 is 5.32 Å². The van der Waals surface area contributed by atoms with Gasteiger partial charge in [0.1, 0.15) is 5.82 Å². The van der Waals surface area contributed by atoms with Crippen LogP contribution in [0.15, 0.2) is 12.1 Å². The van der Waals surface area contributed by atoms with E-state index in [2.05, 4.69) is 15.3 Å². The van der Waals surface area contributed by atoms with E-state index in [1.54, 1.807) is 11.3 Å². The lowest BCUT2D eigenvalue weighted by Crippen LogP contribution is -1.95. The number of H-pyrrole nitrogens is 1. The Labute approximate surface area is 107 Å². The summed E-state index contributed by atoms with van der Waals surface area (Å²) in [5.74, 6) is 0.906.